The van der Waals surface area contributed by atoms with E-state index in [2.05, 4.69) is 30.8 Å². The molecular formula is C13H18N6O. The van der Waals surface area contributed by atoms with Gasteiger partial charge < -0.3 is 10.6 Å². The zero-order chi connectivity index (χ0) is 14.2. The molecule has 7 heteroatoms. The molecule has 0 fully saturated rings. The van der Waals surface area contributed by atoms with Gasteiger partial charge in [0.15, 0.2) is 0 Å². The summed E-state index contributed by atoms with van der Waals surface area (Å²) >= 11 is 0. The van der Waals surface area contributed by atoms with Crippen LogP contribution in [0.4, 0.5) is 5.69 Å². The standard InChI is InChI=1S/C13H18N6O/c1-2-15-11-5-7-14-8-10(11)13(20)16-6-3-4-12-17-9-18-19-12/h5,7-9H,2-4,6H2,1H3,(H,14,15)(H,16,20)(H,17,18,19). The van der Waals surface area contributed by atoms with Gasteiger partial charge >= 0.3 is 0 Å². The fraction of sp³-hybridized carbons (Fsp3) is 0.385. The molecule has 106 valence electrons. The minimum Gasteiger partial charge on any atom is -0.385 e. The first-order valence-corrected chi connectivity index (χ1v) is 6.61. The van der Waals surface area contributed by atoms with Gasteiger partial charge in [-0.3, -0.25) is 14.9 Å². The molecule has 3 N–H and O–H groups in total. The molecule has 0 spiro atoms. The van der Waals surface area contributed by atoms with Crippen molar-refractivity contribution in [1.29, 1.82) is 0 Å². The number of carbonyl (C=O) groups is 1. The number of amides is 1. The topological polar surface area (TPSA) is 95.6 Å². The summed E-state index contributed by atoms with van der Waals surface area (Å²) in [4.78, 5) is 20.1. The van der Waals surface area contributed by atoms with Crippen LogP contribution in [0.2, 0.25) is 0 Å². The highest BCUT2D eigenvalue weighted by Crippen LogP contribution is 2.12. The lowest BCUT2D eigenvalue weighted by Crippen LogP contribution is -2.26. The Morgan fingerprint density at radius 2 is 2.35 bits per heavy atom. The molecule has 0 saturated heterocycles. The van der Waals surface area contributed by atoms with Crippen molar-refractivity contribution >= 4 is 11.6 Å². The third kappa shape index (κ3) is 3.78. The number of carbonyl (C=O) groups excluding carboxylic acids is 1. The summed E-state index contributed by atoms with van der Waals surface area (Å²) in [5.74, 6) is 0.709. The lowest BCUT2D eigenvalue weighted by atomic mass is 10.2. The number of anilines is 1. The van der Waals surface area contributed by atoms with Crippen molar-refractivity contribution in [3.63, 3.8) is 0 Å². The SMILES string of the molecule is CCNc1ccncc1C(=O)NCCCc1ncn[nH]1. The summed E-state index contributed by atoms with van der Waals surface area (Å²) in [5.41, 5.74) is 1.37. The van der Waals surface area contributed by atoms with Gasteiger partial charge in [0, 0.05) is 31.9 Å². The third-order valence-electron chi connectivity index (χ3n) is 2.77. The largest absolute Gasteiger partial charge is 0.385 e. The number of pyridine rings is 1. The zero-order valence-electron chi connectivity index (χ0n) is 11.4. The molecule has 0 aromatic carbocycles. The average molecular weight is 274 g/mol. The second-order valence-electron chi connectivity index (χ2n) is 4.24. The molecule has 2 aromatic heterocycles. The van der Waals surface area contributed by atoms with E-state index in [4.69, 9.17) is 0 Å². The lowest BCUT2D eigenvalue weighted by Gasteiger charge is -2.10. The van der Waals surface area contributed by atoms with Gasteiger partial charge in [-0.25, -0.2) is 4.98 Å². The Labute approximate surface area is 117 Å². The molecule has 7 nitrogen and oxygen atoms in total. The molecule has 2 aromatic rings. The minimum absolute atomic E-state index is 0.119. The van der Waals surface area contributed by atoms with Crippen LogP contribution in [0.5, 0.6) is 0 Å². The van der Waals surface area contributed by atoms with Gasteiger partial charge in [-0.05, 0) is 19.4 Å². The van der Waals surface area contributed by atoms with Crippen LogP contribution >= 0.6 is 0 Å². The highest BCUT2D eigenvalue weighted by Gasteiger charge is 2.10. The average Bonchev–Trinajstić information content (AvgIpc) is 2.97. The molecule has 0 aliphatic heterocycles. The molecule has 0 aliphatic carbocycles. The van der Waals surface area contributed by atoms with Gasteiger partial charge in [0.25, 0.3) is 5.91 Å². The second-order valence-corrected chi connectivity index (χ2v) is 4.24. The smallest absolute Gasteiger partial charge is 0.254 e. The first-order valence-electron chi connectivity index (χ1n) is 6.61. The molecule has 0 radical (unpaired) electrons. The van der Waals surface area contributed by atoms with Gasteiger partial charge in [-0.15, -0.1) is 0 Å². The fourth-order valence-electron chi connectivity index (χ4n) is 1.82. The van der Waals surface area contributed by atoms with Crippen molar-refractivity contribution in [3.8, 4) is 0 Å². The summed E-state index contributed by atoms with van der Waals surface area (Å²) in [5, 5.41) is 12.6. The quantitative estimate of drug-likeness (QED) is 0.654. The van der Waals surface area contributed by atoms with E-state index in [-0.39, 0.29) is 5.91 Å². The Kier molecular flexibility index (Phi) is 5.05. The van der Waals surface area contributed by atoms with Crippen molar-refractivity contribution in [2.45, 2.75) is 19.8 Å². The van der Waals surface area contributed by atoms with Gasteiger partial charge in [0.1, 0.15) is 12.2 Å². The summed E-state index contributed by atoms with van der Waals surface area (Å²) in [6.45, 7) is 3.33. The van der Waals surface area contributed by atoms with Gasteiger partial charge in [0.2, 0.25) is 0 Å². The van der Waals surface area contributed by atoms with E-state index < -0.39 is 0 Å². The number of aromatic amines is 1. The number of hydrogen-bond donors (Lipinski definition) is 3. The molecule has 2 rings (SSSR count). The number of hydrogen-bond acceptors (Lipinski definition) is 5. The van der Waals surface area contributed by atoms with Crippen molar-refractivity contribution < 1.29 is 4.79 Å². The Morgan fingerprint density at radius 3 is 3.10 bits per heavy atom. The summed E-state index contributed by atoms with van der Waals surface area (Å²) < 4.78 is 0. The predicted molar refractivity (Wildman–Crippen MR) is 75.4 cm³/mol. The highest BCUT2D eigenvalue weighted by atomic mass is 16.1. The van der Waals surface area contributed by atoms with Crippen molar-refractivity contribution in [2.75, 3.05) is 18.4 Å². The first kappa shape index (κ1) is 14.0. The van der Waals surface area contributed by atoms with Gasteiger partial charge in [-0.2, -0.15) is 5.10 Å². The minimum atomic E-state index is -0.119. The zero-order valence-corrected chi connectivity index (χ0v) is 11.4. The third-order valence-corrected chi connectivity index (χ3v) is 2.77. The fourth-order valence-corrected chi connectivity index (χ4v) is 1.82. The summed E-state index contributed by atoms with van der Waals surface area (Å²) in [6.07, 6.45) is 6.28. The van der Waals surface area contributed by atoms with Crippen LogP contribution in [0.25, 0.3) is 0 Å². The van der Waals surface area contributed by atoms with Crippen LogP contribution in [0.15, 0.2) is 24.8 Å². The highest BCUT2D eigenvalue weighted by molar-refractivity contribution is 5.99. The Bertz CT molecular complexity index is 540. The van der Waals surface area contributed by atoms with Gasteiger partial charge in [-0.1, -0.05) is 0 Å². The van der Waals surface area contributed by atoms with Crippen LogP contribution < -0.4 is 10.6 Å². The molecule has 20 heavy (non-hydrogen) atoms. The predicted octanol–water partition coefficient (Wildman–Crippen LogP) is 0.994. The molecular weight excluding hydrogens is 256 g/mol. The second kappa shape index (κ2) is 7.22. The van der Waals surface area contributed by atoms with E-state index in [1.807, 2.05) is 6.92 Å². The van der Waals surface area contributed by atoms with E-state index >= 15 is 0 Å². The number of H-pyrrole nitrogens is 1. The molecule has 0 atom stereocenters. The Balaban J connectivity index is 1.82. The number of aromatic nitrogens is 4. The molecule has 2 heterocycles. The van der Waals surface area contributed by atoms with Crippen LogP contribution in [-0.4, -0.2) is 39.2 Å². The molecule has 1 amide bonds. The van der Waals surface area contributed by atoms with Crippen LogP contribution in [0.3, 0.4) is 0 Å². The molecule has 0 saturated carbocycles. The maximum Gasteiger partial charge on any atom is 0.254 e. The Hall–Kier alpha value is -2.44. The number of nitrogens with one attached hydrogen (secondary N) is 3. The maximum absolute atomic E-state index is 12.1. The molecule has 0 bridgehead atoms. The number of aryl methyl sites for hydroxylation is 1. The normalized spacial score (nSPS) is 10.2. The maximum atomic E-state index is 12.1. The molecule has 0 aliphatic rings. The summed E-state index contributed by atoms with van der Waals surface area (Å²) in [7, 11) is 0. The van der Waals surface area contributed by atoms with Gasteiger partial charge in [0.05, 0.1) is 11.3 Å². The lowest BCUT2D eigenvalue weighted by molar-refractivity contribution is 0.0953. The molecule has 0 unspecified atom stereocenters. The van der Waals surface area contributed by atoms with E-state index in [0.717, 1.165) is 30.9 Å². The first-order chi connectivity index (χ1) is 9.81. The van der Waals surface area contributed by atoms with Crippen LogP contribution in [0.1, 0.15) is 29.5 Å². The number of rotatable bonds is 7. The monoisotopic (exact) mass is 274 g/mol. The van der Waals surface area contributed by atoms with Crippen molar-refractivity contribution in [2.24, 2.45) is 0 Å². The number of nitrogens with zero attached hydrogens (tertiary/aromatic N) is 3. The van der Waals surface area contributed by atoms with E-state index in [9.17, 15) is 4.79 Å². The van der Waals surface area contributed by atoms with Crippen molar-refractivity contribution in [3.05, 3.63) is 36.2 Å². The van der Waals surface area contributed by atoms with Crippen molar-refractivity contribution in [1.82, 2.24) is 25.5 Å². The van der Waals surface area contributed by atoms with E-state index in [1.54, 1.807) is 18.5 Å². The van der Waals surface area contributed by atoms with E-state index in [1.165, 1.54) is 6.33 Å². The van der Waals surface area contributed by atoms with E-state index in [0.29, 0.717) is 12.1 Å². The Morgan fingerprint density at radius 1 is 1.45 bits per heavy atom. The summed E-state index contributed by atoms with van der Waals surface area (Å²) in [6, 6.07) is 1.80. The van der Waals surface area contributed by atoms with Crippen LogP contribution in [-0.2, 0) is 6.42 Å². The van der Waals surface area contributed by atoms with Crippen LogP contribution in [0, 0.1) is 0 Å².